The number of fused-ring (bicyclic) bond motifs is 2. The number of alkyl halides is 1. The van der Waals surface area contributed by atoms with Crippen molar-refractivity contribution in [2.45, 2.75) is 0 Å². The summed E-state index contributed by atoms with van der Waals surface area (Å²) < 4.78 is 32.2. The first-order valence-corrected chi connectivity index (χ1v) is 13.8. The molecule has 0 aliphatic carbocycles. The van der Waals surface area contributed by atoms with Crippen molar-refractivity contribution >= 4 is 22.7 Å². The van der Waals surface area contributed by atoms with Crippen LogP contribution in [0.4, 0.5) is 15.8 Å². The molecule has 222 valence electrons. The topological polar surface area (TPSA) is 77.6 Å². The molecule has 4 heterocycles. The number of rotatable bonds is 9. The minimum atomic E-state index is -0.368. The normalized spacial score (nSPS) is 10.7. The Morgan fingerprint density at radius 3 is 2.00 bits per heavy atom. The molecule has 1 N–H and O–H groups in total. The summed E-state index contributed by atoms with van der Waals surface area (Å²) in [7, 11) is 8.67. The zero-order chi connectivity index (χ0) is 30.3. The number of aromatic nitrogens is 4. The zero-order valence-electron chi connectivity index (χ0n) is 24.9. The van der Waals surface area contributed by atoms with E-state index in [9.17, 15) is 4.39 Å². The Labute approximate surface area is 250 Å². The molecular formula is C33H35FN6O3. The van der Waals surface area contributed by atoms with Gasteiger partial charge in [0.1, 0.15) is 23.7 Å². The monoisotopic (exact) mass is 582 g/mol. The first-order valence-electron chi connectivity index (χ1n) is 13.8. The number of halogens is 1. The molecule has 0 saturated carbocycles. The number of hydrogen-bond acceptors (Lipinski definition) is 7. The Balaban J connectivity index is 0.000000171. The van der Waals surface area contributed by atoms with Crippen LogP contribution in [0.1, 0.15) is 0 Å². The van der Waals surface area contributed by atoms with Gasteiger partial charge in [-0.05, 0) is 54.6 Å². The minimum absolute atomic E-state index is 0.368. The molecule has 0 spiro atoms. The van der Waals surface area contributed by atoms with Crippen molar-refractivity contribution in [3.63, 3.8) is 0 Å². The number of hydrogen-bond donors (Lipinski definition) is 1. The lowest BCUT2D eigenvalue weighted by molar-refractivity contribution is 0.355. The van der Waals surface area contributed by atoms with Crippen LogP contribution in [0, 0.1) is 0 Å². The second-order valence-electron chi connectivity index (χ2n) is 9.74. The van der Waals surface area contributed by atoms with Crippen LogP contribution in [-0.4, -0.2) is 67.4 Å². The molecule has 0 aliphatic heterocycles. The number of benzene rings is 2. The smallest absolute Gasteiger partial charge is 0.161 e. The maximum absolute atomic E-state index is 12.5. The van der Waals surface area contributed by atoms with E-state index in [2.05, 4.69) is 15.3 Å². The molecular weight excluding hydrogens is 547 g/mol. The molecule has 4 aromatic heterocycles. The summed E-state index contributed by atoms with van der Waals surface area (Å²) in [6.45, 7) is 0.00936. The van der Waals surface area contributed by atoms with E-state index in [0.29, 0.717) is 18.0 Å². The number of imidazole rings is 2. The van der Waals surface area contributed by atoms with Gasteiger partial charge >= 0.3 is 0 Å². The summed E-state index contributed by atoms with van der Waals surface area (Å²) in [4.78, 5) is 11.2. The van der Waals surface area contributed by atoms with Crippen LogP contribution < -0.4 is 24.4 Å². The van der Waals surface area contributed by atoms with E-state index < -0.39 is 0 Å². The van der Waals surface area contributed by atoms with E-state index in [1.807, 2.05) is 119 Å². The van der Waals surface area contributed by atoms with Gasteiger partial charge in [0.15, 0.2) is 11.5 Å². The van der Waals surface area contributed by atoms with E-state index >= 15 is 0 Å². The van der Waals surface area contributed by atoms with Gasteiger partial charge in [0.2, 0.25) is 0 Å². The van der Waals surface area contributed by atoms with Crippen LogP contribution in [0.5, 0.6) is 17.2 Å². The minimum Gasteiger partial charge on any atom is -0.497 e. The molecule has 9 nitrogen and oxygen atoms in total. The lowest BCUT2D eigenvalue weighted by Crippen LogP contribution is -2.19. The lowest BCUT2D eigenvalue weighted by Gasteiger charge is -2.17. The van der Waals surface area contributed by atoms with Crippen molar-refractivity contribution in [2.75, 3.05) is 58.9 Å². The highest BCUT2D eigenvalue weighted by Gasteiger charge is 2.10. The molecule has 0 fully saturated rings. The van der Waals surface area contributed by atoms with Gasteiger partial charge in [-0.1, -0.05) is 0 Å². The first kappa shape index (κ1) is 29.2. The van der Waals surface area contributed by atoms with Crippen LogP contribution >= 0.6 is 0 Å². The van der Waals surface area contributed by atoms with Crippen molar-refractivity contribution in [3.8, 4) is 39.8 Å². The number of methoxy groups -OCH3 is 3. The Morgan fingerprint density at radius 2 is 1.37 bits per heavy atom. The van der Waals surface area contributed by atoms with Crippen LogP contribution in [-0.2, 0) is 0 Å². The van der Waals surface area contributed by atoms with Gasteiger partial charge in [0.05, 0.1) is 32.7 Å². The third-order valence-electron chi connectivity index (χ3n) is 7.12. The Bertz CT molecular complexity index is 1820. The number of anilines is 2. The summed E-state index contributed by atoms with van der Waals surface area (Å²) in [6.07, 6.45) is 7.91. The second-order valence-corrected chi connectivity index (χ2v) is 9.74. The van der Waals surface area contributed by atoms with Gasteiger partial charge < -0.3 is 33.2 Å². The highest BCUT2D eigenvalue weighted by atomic mass is 19.1. The highest BCUT2D eigenvalue weighted by Crippen LogP contribution is 2.32. The number of ether oxygens (including phenoxy) is 3. The average molecular weight is 583 g/mol. The quantitative estimate of drug-likeness (QED) is 0.209. The van der Waals surface area contributed by atoms with Crippen molar-refractivity contribution in [2.24, 2.45) is 0 Å². The van der Waals surface area contributed by atoms with E-state index in [-0.39, 0.29) is 6.67 Å². The standard InChI is InChI=1S/C17H18FN3O.C16H17N3O2/c1-20(10-8-18)14-7-9-21-12-16(19-17(21)11-14)13-3-5-15(22-2)6-4-13;1-17-12-6-7-19-10-13(18-16(19)9-12)11-4-5-14(20-2)15(8-11)21-3/h3-7,9,11-12H,8,10H2,1-2H3;4-10,17H,1-3H3. The van der Waals surface area contributed by atoms with Crippen LogP contribution in [0.2, 0.25) is 0 Å². The fourth-order valence-electron chi connectivity index (χ4n) is 4.64. The largest absolute Gasteiger partial charge is 0.497 e. The van der Waals surface area contributed by atoms with Gasteiger partial charge in [-0.25, -0.2) is 14.4 Å². The van der Waals surface area contributed by atoms with Gasteiger partial charge in [-0.3, -0.25) is 0 Å². The summed E-state index contributed by atoms with van der Waals surface area (Å²) in [5, 5.41) is 3.11. The molecule has 0 amide bonds. The predicted molar refractivity (Wildman–Crippen MR) is 170 cm³/mol. The molecule has 0 radical (unpaired) electrons. The summed E-state index contributed by atoms with van der Waals surface area (Å²) >= 11 is 0. The molecule has 43 heavy (non-hydrogen) atoms. The van der Waals surface area contributed by atoms with E-state index in [1.54, 1.807) is 21.3 Å². The van der Waals surface area contributed by atoms with Crippen molar-refractivity contribution in [1.29, 1.82) is 0 Å². The van der Waals surface area contributed by atoms with Crippen molar-refractivity contribution in [3.05, 3.63) is 91.5 Å². The van der Waals surface area contributed by atoms with E-state index in [4.69, 9.17) is 14.2 Å². The maximum atomic E-state index is 12.5. The summed E-state index contributed by atoms with van der Waals surface area (Å²) in [5.74, 6) is 2.23. The van der Waals surface area contributed by atoms with Crippen molar-refractivity contribution in [1.82, 2.24) is 18.8 Å². The Hall–Kier alpha value is -5.25. The zero-order valence-corrected chi connectivity index (χ0v) is 24.9. The Morgan fingerprint density at radius 1 is 0.744 bits per heavy atom. The molecule has 0 unspecified atom stereocenters. The number of nitrogens with zero attached hydrogens (tertiary/aromatic N) is 5. The van der Waals surface area contributed by atoms with Crippen LogP contribution in [0.3, 0.4) is 0 Å². The second kappa shape index (κ2) is 13.2. The SMILES string of the molecule is CNc1ccn2cc(-c3ccc(OC)c(OC)c3)nc2c1.COc1ccc(-c2cn3ccc(N(C)CCF)cc3n2)cc1. The maximum Gasteiger partial charge on any atom is 0.161 e. The lowest BCUT2D eigenvalue weighted by atomic mass is 10.1. The van der Waals surface area contributed by atoms with E-state index in [1.165, 1.54) is 0 Å². The summed E-state index contributed by atoms with van der Waals surface area (Å²) in [6, 6.07) is 21.5. The fraction of sp³-hybridized carbons (Fsp3) is 0.212. The molecule has 10 heteroatoms. The van der Waals surface area contributed by atoms with Crippen LogP contribution in [0.15, 0.2) is 91.5 Å². The van der Waals surface area contributed by atoms with Crippen molar-refractivity contribution < 1.29 is 18.6 Å². The average Bonchev–Trinajstić information content (AvgIpc) is 3.68. The fourth-order valence-corrected chi connectivity index (χ4v) is 4.64. The van der Waals surface area contributed by atoms with Gasteiger partial charge in [-0.15, -0.1) is 0 Å². The first-order chi connectivity index (χ1) is 21.0. The molecule has 0 aliphatic rings. The third kappa shape index (κ3) is 6.48. The number of nitrogens with one attached hydrogen (secondary N) is 1. The van der Waals surface area contributed by atoms with Crippen LogP contribution in [0.25, 0.3) is 33.8 Å². The van der Waals surface area contributed by atoms with E-state index in [0.717, 1.165) is 50.9 Å². The predicted octanol–water partition coefficient (Wildman–Crippen LogP) is 6.48. The Kier molecular flexibility index (Phi) is 8.95. The molecule has 2 aromatic carbocycles. The molecule has 0 saturated heterocycles. The molecule has 0 bridgehead atoms. The molecule has 6 rings (SSSR count). The van der Waals surface area contributed by atoms with Gasteiger partial charge in [-0.2, -0.15) is 0 Å². The molecule has 6 aromatic rings. The number of pyridine rings is 2. The highest BCUT2D eigenvalue weighted by molar-refractivity contribution is 5.68. The third-order valence-corrected chi connectivity index (χ3v) is 7.12. The van der Waals surface area contributed by atoms with Gasteiger partial charge in [0.25, 0.3) is 0 Å². The summed E-state index contributed by atoms with van der Waals surface area (Å²) in [5.41, 5.74) is 7.53. The molecule has 0 atom stereocenters. The van der Waals surface area contributed by atoms with Gasteiger partial charge in [0, 0.05) is 80.1 Å².